The summed E-state index contributed by atoms with van der Waals surface area (Å²) in [5, 5.41) is 7.12. The Kier molecular flexibility index (Phi) is 6.01. The number of nitrogens with one attached hydrogen (secondary N) is 1. The number of aryl methyl sites for hydroxylation is 1. The van der Waals surface area contributed by atoms with Gasteiger partial charge < -0.3 is 10.1 Å². The van der Waals surface area contributed by atoms with Gasteiger partial charge in [-0.15, -0.1) is 0 Å². The molecule has 0 radical (unpaired) electrons. The molecule has 1 aromatic heterocycles. The normalized spacial score (nSPS) is 12.9. The number of hydrogen-bond donors (Lipinski definition) is 1. The first-order chi connectivity index (χ1) is 17.8. The zero-order valence-electron chi connectivity index (χ0n) is 20.4. The summed E-state index contributed by atoms with van der Waals surface area (Å²) >= 11 is 0. The second kappa shape index (κ2) is 9.31. The van der Waals surface area contributed by atoms with E-state index < -0.39 is 18.0 Å². The fourth-order valence-corrected chi connectivity index (χ4v) is 4.45. The molecule has 0 saturated heterocycles. The van der Waals surface area contributed by atoms with E-state index in [1.54, 1.807) is 48.9 Å². The summed E-state index contributed by atoms with van der Waals surface area (Å²) < 4.78 is 7.11. The first kappa shape index (κ1) is 23.9. The van der Waals surface area contributed by atoms with Crippen LogP contribution in [0.3, 0.4) is 0 Å². The molecule has 0 fully saturated rings. The molecule has 0 spiro atoms. The summed E-state index contributed by atoms with van der Waals surface area (Å²) in [4.78, 5) is 51.5. The number of amides is 1. The van der Waals surface area contributed by atoms with Gasteiger partial charge in [-0.3, -0.25) is 14.4 Å². The number of rotatable bonds is 5. The Morgan fingerprint density at radius 2 is 1.43 bits per heavy atom. The maximum atomic E-state index is 13.0. The molecule has 1 atom stereocenters. The Bertz CT molecular complexity index is 1590. The standard InChI is InChI=1S/C29H23N3O5/c1-16-25(17(2)32(31-16)20-9-5-4-6-10-20)29(36)37-18(3)28(35)30-19-13-14-23-24(15-19)27(34)22-12-8-7-11-21(22)26(23)33/h4-15,18H,1-3H3,(H,30,35). The fourth-order valence-electron chi connectivity index (χ4n) is 4.45. The molecule has 37 heavy (non-hydrogen) atoms. The first-order valence-electron chi connectivity index (χ1n) is 11.7. The van der Waals surface area contributed by atoms with Gasteiger partial charge in [0.15, 0.2) is 17.7 Å². The molecule has 0 aliphatic heterocycles. The van der Waals surface area contributed by atoms with E-state index >= 15 is 0 Å². The number of benzene rings is 3. The van der Waals surface area contributed by atoms with Crippen LogP contribution in [0.2, 0.25) is 0 Å². The van der Waals surface area contributed by atoms with Gasteiger partial charge in [0, 0.05) is 27.9 Å². The van der Waals surface area contributed by atoms with E-state index in [4.69, 9.17) is 4.74 Å². The van der Waals surface area contributed by atoms with E-state index in [1.807, 2.05) is 30.3 Å². The lowest BCUT2D eigenvalue weighted by atomic mass is 9.84. The third-order valence-corrected chi connectivity index (χ3v) is 6.34. The van der Waals surface area contributed by atoms with Crippen LogP contribution in [-0.4, -0.2) is 39.3 Å². The number of esters is 1. The van der Waals surface area contributed by atoms with Crippen molar-refractivity contribution in [2.24, 2.45) is 0 Å². The second-order valence-corrected chi connectivity index (χ2v) is 8.79. The van der Waals surface area contributed by atoms with E-state index in [2.05, 4.69) is 10.4 Å². The summed E-state index contributed by atoms with van der Waals surface area (Å²) in [6.45, 7) is 4.93. The fraction of sp³-hybridized carbons (Fsp3) is 0.138. The molecule has 1 amide bonds. The number of fused-ring (bicyclic) bond motifs is 2. The number of ketones is 2. The molecule has 8 heteroatoms. The van der Waals surface area contributed by atoms with Crippen molar-refractivity contribution in [2.75, 3.05) is 5.32 Å². The van der Waals surface area contributed by atoms with Gasteiger partial charge in [0.25, 0.3) is 5.91 Å². The van der Waals surface area contributed by atoms with Gasteiger partial charge in [0.1, 0.15) is 5.56 Å². The van der Waals surface area contributed by atoms with Crippen LogP contribution in [0.15, 0.2) is 72.8 Å². The summed E-state index contributed by atoms with van der Waals surface area (Å²) in [5.41, 5.74) is 3.67. The molecule has 0 bridgehead atoms. The predicted octanol–water partition coefficient (Wildman–Crippen LogP) is 4.45. The van der Waals surface area contributed by atoms with Crippen LogP contribution in [-0.2, 0) is 9.53 Å². The number of carbonyl (C=O) groups is 4. The first-order valence-corrected chi connectivity index (χ1v) is 11.7. The van der Waals surface area contributed by atoms with Crippen molar-refractivity contribution < 1.29 is 23.9 Å². The molecular weight excluding hydrogens is 470 g/mol. The molecule has 5 rings (SSSR count). The highest BCUT2D eigenvalue weighted by molar-refractivity contribution is 6.28. The number of para-hydroxylation sites is 1. The van der Waals surface area contributed by atoms with Crippen LogP contribution in [0.4, 0.5) is 5.69 Å². The molecule has 1 unspecified atom stereocenters. The van der Waals surface area contributed by atoms with E-state index in [-0.39, 0.29) is 22.7 Å². The molecule has 1 aliphatic rings. The van der Waals surface area contributed by atoms with E-state index in [0.29, 0.717) is 33.8 Å². The minimum atomic E-state index is -1.12. The van der Waals surface area contributed by atoms with Crippen molar-refractivity contribution in [3.63, 3.8) is 0 Å². The van der Waals surface area contributed by atoms with Gasteiger partial charge >= 0.3 is 5.97 Å². The molecule has 1 N–H and O–H groups in total. The third kappa shape index (κ3) is 4.23. The molecule has 3 aromatic carbocycles. The molecule has 4 aromatic rings. The average molecular weight is 494 g/mol. The second-order valence-electron chi connectivity index (χ2n) is 8.79. The number of nitrogens with zero attached hydrogens (tertiary/aromatic N) is 2. The van der Waals surface area contributed by atoms with Crippen LogP contribution >= 0.6 is 0 Å². The van der Waals surface area contributed by atoms with Crippen LogP contribution < -0.4 is 5.32 Å². The number of carbonyl (C=O) groups excluding carboxylic acids is 4. The Morgan fingerprint density at radius 3 is 2.11 bits per heavy atom. The summed E-state index contributed by atoms with van der Waals surface area (Å²) in [6.07, 6.45) is -1.12. The molecule has 1 heterocycles. The highest BCUT2D eigenvalue weighted by atomic mass is 16.5. The monoisotopic (exact) mass is 493 g/mol. The van der Waals surface area contributed by atoms with Crippen molar-refractivity contribution in [2.45, 2.75) is 26.9 Å². The van der Waals surface area contributed by atoms with Gasteiger partial charge in [-0.2, -0.15) is 5.10 Å². The molecule has 0 saturated carbocycles. The molecule has 8 nitrogen and oxygen atoms in total. The van der Waals surface area contributed by atoms with Crippen LogP contribution in [0, 0.1) is 13.8 Å². The van der Waals surface area contributed by atoms with Gasteiger partial charge in [-0.25, -0.2) is 9.48 Å². The van der Waals surface area contributed by atoms with E-state index in [9.17, 15) is 19.2 Å². The number of hydrogen-bond acceptors (Lipinski definition) is 6. The minimum absolute atomic E-state index is 0.214. The topological polar surface area (TPSA) is 107 Å². The van der Waals surface area contributed by atoms with Gasteiger partial charge in [-0.1, -0.05) is 42.5 Å². The maximum Gasteiger partial charge on any atom is 0.342 e. The number of aromatic nitrogens is 2. The van der Waals surface area contributed by atoms with Crippen molar-refractivity contribution in [3.8, 4) is 5.69 Å². The lowest BCUT2D eigenvalue weighted by molar-refractivity contribution is -0.123. The third-order valence-electron chi connectivity index (χ3n) is 6.34. The summed E-state index contributed by atoms with van der Waals surface area (Å²) in [7, 11) is 0. The number of ether oxygens (including phenoxy) is 1. The molecule has 184 valence electrons. The molecule has 1 aliphatic carbocycles. The Hall–Kier alpha value is -4.85. The number of anilines is 1. The van der Waals surface area contributed by atoms with E-state index in [1.165, 1.54) is 19.1 Å². The van der Waals surface area contributed by atoms with Gasteiger partial charge in [0.2, 0.25) is 0 Å². The molecular formula is C29H23N3O5. The van der Waals surface area contributed by atoms with Crippen molar-refractivity contribution in [3.05, 3.63) is 112 Å². The van der Waals surface area contributed by atoms with Gasteiger partial charge in [0.05, 0.1) is 17.1 Å². The van der Waals surface area contributed by atoms with Crippen molar-refractivity contribution >= 4 is 29.1 Å². The summed E-state index contributed by atoms with van der Waals surface area (Å²) in [5.74, 6) is -1.77. The van der Waals surface area contributed by atoms with Crippen molar-refractivity contribution in [1.29, 1.82) is 0 Å². The zero-order valence-corrected chi connectivity index (χ0v) is 20.4. The lowest BCUT2D eigenvalue weighted by Crippen LogP contribution is -2.30. The van der Waals surface area contributed by atoms with Crippen LogP contribution in [0.1, 0.15) is 60.5 Å². The van der Waals surface area contributed by atoms with Crippen molar-refractivity contribution in [1.82, 2.24) is 9.78 Å². The largest absolute Gasteiger partial charge is 0.449 e. The zero-order chi connectivity index (χ0) is 26.3. The maximum absolute atomic E-state index is 13.0. The predicted molar refractivity (Wildman–Crippen MR) is 136 cm³/mol. The Morgan fingerprint density at radius 1 is 0.838 bits per heavy atom. The lowest BCUT2D eigenvalue weighted by Gasteiger charge is -2.19. The minimum Gasteiger partial charge on any atom is -0.449 e. The highest BCUT2D eigenvalue weighted by Crippen LogP contribution is 2.29. The average Bonchev–Trinajstić information content (AvgIpc) is 3.21. The smallest absolute Gasteiger partial charge is 0.342 e. The van der Waals surface area contributed by atoms with E-state index in [0.717, 1.165) is 5.69 Å². The quantitative estimate of drug-likeness (QED) is 0.363. The Balaban J connectivity index is 1.31. The van der Waals surface area contributed by atoms with Gasteiger partial charge in [-0.05, 0) is 51.1 Å². The van der Waals surface area contributed by atoms with Crippen LogP contribution in [0.5, 0.6) is 0 Å². The highest BCUT2D eigenvalue weighted by Gasteiger charge is 2.30. The SMILES string of the molecule is Cc1nn(-c2ccccc2)c(C)c1C(=O)OC(C)C(=O)Nc1ccc2c(c1)C(=O)c1ccccc1C2=O. The summed E-state index contributed by atoms with van der Waals surface area (Å²) in [6, 6.07) is 20.6. The van der Waals surface area contributed by atoms with Crippen LogP contribution in [0.25, 0.3) is 5.69 Å². The Labute approximate surface area is 212 Å².